The van der Waals surface area contributed by atoms with Gasteiger partial charge >= 0.3 is 0 Å². The van der Waals surface area contributed by atoms with E-state index in [0.29, 0.717) is 13.1 Å². The van der Waals surface area contributed by atoms with E-state index >= 15 is 0 Å². The van der Waals surface area contributed by atoms with Crippen LogP contribution in [0.1, 0.15) is 39.3 Å². The van der Waals surface area contributed by atoms with Gasteiger partial charge in [0.2, 0.25) is 11.8 Å². The maximum Gasteiger partial charge on any atom is 0.242 e. The van der Waals surface area contributed by atoms with Crippen molar-refractivity contribution in [3.63, 3.8) is 0 Å². The molecular weight excluding hydrogens is 252 g/mol. The van der Waals surface area contributed by atoms with E-state index in [2.05, 4.69) is 0 Å². The maximum atomic E-state index is 12.2. The molecule has 0 aromatic heterocycles. The van der Waals surface area contributed by atoms with Crippen LogP contribution in [0.4, 0.5) is 0 Å². The SMILES string of the molecule is CCN(CC)C(=O)CN(C(C)=O)C(C)c1ccccc1. The molecule has 0 heterocycles. The van der Waals surface area contributed by atoms with Crippen molar-refractivity contribution in [3.05, 3.63) is 35.9 Å². The number of amides is 2. The summed E-state index contributed by atoms with van der Waals surface area (Å²) in [6.45, 7) is 8.82. The molecule has 0 aliphatic rings. The molecule has 1 aromatic carbocycles. The smallest absolute Gasteiger partial charge is 0.242 e. The molecule has 4 heteroatoms. The van der Waals surface area contributed by atoms with E-state index in [-0.39, 0.29) is 24.4 Å². The molecule has 0 saturated heterocycles. The normalized spacial score (nSPS) is 11.8. The van der Waals surface area contributed by atoms with Gasteiger partial charge in [0.1, 0.15) is 6.54 Å². The van der Waals surface area contributed by atoms with Gasteiger partial charge in [-0.1, -0.05) is 30.3 Å². The number of nitrogens with zero attached hydrogens (tertiary/aromatic N) is 2. The molecule has 4 nitrogen and oxygen atoms in total. The van der Waals surface area contributed by atoms with Crippen LogP contribution in [0.15, 0.2) is 30.3 Å². The summed E-state index contributed by atoms with van der Waals surface area (Å²) in [4.78, 5) is 27.4. The summed E-state index contributed by atoms with van der Waals surface area (Å²) in [5.41, 5.74) is 1.04. The summed E-state index contributed by atoms with van der Waals surface area (Å²) in [5, 5.41) is 0. The van der Waals surface area contributed by atoms with Crippen molar-refractivity contribution >= 4 is 11.8 Å². The van der Waals surface area contributed by atoms with E-state index < -0.39 is 0 Å². The molecule has 1 unspecified atom stereocenters. The van der Waals surface area contributed by atoms with Gasteiger partial charge in [0.25, 0.3) is 0 Å². The zero-order chi connectivity index (χ0) is 15.1. The second-order valence-corrected chi connectivity index (χ2v) is 4.80. The largest absolute Gasteiger partial charge is 0.342 e. The molecule has 20 heavy (non-hydrogen) atoms. The third kappa shape index (κ3) is 4.08. The van der Waals surface area contributed by atoms with E-state index in [1.54, 1.807) is 9.80 Å². The highest BCUT2D eigenvalue weighted by atomic mass is 16.2. The van der Waals surface area contributed by atoms with Gasteiger partial charge in [-0.15, -0.1) is 0 Å². The van der Waals surface area contributed by atoms with Crippen molar-refractivity contribution in [2.24, 2.45) is 0 Å². The van der Waals surface area contributed by atoms with Crippen molar-refractivity contribution in [1.29, 1.82) is 0 Å². The predicted octanol–water partition coefficient (Wildman–Crippen LogP) is 2.46. The highest BCUT2D eigenvalue weighted by molar-refractivity contribution is 5.84. The first-order valence-corrected chi connectivity index (χ1v) is 7.11. The van der Waals surface area contributed by atoms with Crippen molar-refractivity contribution < 1.29 is 9.59 Å². The molecule has 0 saturated carbocycles. The molecule has 0 aliphatic heterocycles. The lowest BCUT2D eigenvalue weighted by Crippen LogP contribution is -2.43. The first-order valence-electron chi connectivity index (χ1n) is 7.11. The molecule has 0 N–H and O–H groups in total. The van der Waals surface area contributed by atoms with Crippen LogP contribution in [-0.4, -0.2) is 41.2 Å². The fourth-order valence-corrected chi connectivity index (χ4v) is 2.25. The highest BCUT2D eigenvalue weighted by Gasteiger charge is 2.22. The van der Waals surface area contributed by atoms with E-state index in [9.17, 15) is 9.59 Å². The molecule has 0 fully saturated rings. The highest BCUT2D eigenvalue weighted by Crippen LogP contribution is 2.20. The Morgan fingerprint density at radius 3 is 2.10 bits per heavy atom. The average molecular weight is 276 g/mol. The number of carbonyl (C=O) groups is 2. The van der Waals surface area contributed by atoms with Crippen LogP contribution < -0.4 is 0 Å². The summed E-state index contributed by atoms with van der Waals surface area (Å²) in [7, 11) is 0. The van der Waals surface area contributed by atoms with E-state index in [0.717, 1.165) is 5.56 Å². The van der Waals surface area contributed by atoms with Crippen molar-refractivity contribution in [2.45, 2.75) is 33.7 Å². The van der Waals surface area contributed by atoms with Crippen LogP contribution in [-0.2, 0) is 9.59 Å². The van der Waals surface area contributed by atoms with Crippen LogP contribution in [0.2, 0.25) is 0 Å². The lowest BCUT2D eigenvalue weighted by molar-refractivity contribution is -0.141. The molecule has 0 bridgehead atoms. The Morgan fingerprint density at radius 2 is 1.65 bits per heavy atom. The molecule has 0 spiro atoms. The van der Waals surface area contributed by atoms with Gasteiger partial charge in [-0.3, -0.25) is 9.59 Å². The van der Waals surface area contributed by atoms with E-state index in [1.165, 1.54) is 6.92 Å². The lowest BCUT2D eigenvalue weighted by atomic mass is 10.1. The summed E-state index contributed by atoms with van der Waals surface area (Å²) < 4.78 is 0. The van der Waals surface area contributed by atoms with E-state index in [1.807, 2.05) is 51.1 Å². The number of hydrogen-bond donors (Lipinski definition) is 0. The zero-order valence-corrected chi connectivity index (χ0v) is 12.8. The van der Waals surface area contributed by atoms with Crippen LogP contribution in [0.25, 0.3) is 0 Å². The Morgan fingerprint density at radius 1 is 1.10 bits per heavy atom. The standard InChI is InChI=1S/C16H24N2O2/c1-5-17(6-2)16(20)12-18(14(4)19)13(3)15-10-8-7-9-11-15/h7-11,13H,5-6,12H2,1-4H3. The number of likely N-dealkylation sites (N-methyl/N-ethyl adjacent to an activating group) is 1. The van der Waals surface area contributed by atoms with Gasteiger partial charge in [-0.05, 0) is 26.3 Å². The number of benzene rings is 1. The molecule has 1 atom stereocenters. The van der Waals surface area contributed by atoms with Crippen LogP contribution in [0, 0.1) is 0 Å². The van der Waals surface area contributed by atoms with Gasteiger partial charge in [-0.2, -0.15) is 0 Å². The maximum absolute atomic E-state index is 12.2. The summed E-state index contributed by atoms with van der Waals surface area (Å²) >= 11 is 0. The Hall–Kier alpha value is -1.84. The van der Waals surface area contributed by atoms with Crippen molar-refractivity contribution in [1.82, 2.24) is 9.80 Å². The second kappa shape index (κ2) is 7.68. The van der Waals surface area contributed by atoms with Gasteiger partial charge in [0.15, 0.2) is 0 Å². The fraction of sp³-hybridized carbons (Fsp3) is 0.500. The molecule has 0 aliphatic carbocycles. The average Bonchev–Trinajstić information content (AvgIpc) is 2.46. The number of rotatable bonds is 6. The zero-order valence-electron chi connectivity index (χ0n) is 12.8. The molecule has 1 rings (SSSR count). The second-order valence-electron chi connectivity index (χ2n) is 4.80. The van der Waals surface area contributed by atoms with Gasteiger partial charge in [0.05, 0.1) is 6.04 Å². The molecule has 110 valence electrons. The number of carbonyl (C=O) groups excluding carboxylic acids is 2. The first kappa shape index (κ1) is 16.2. The predicted molar refractivity (Wildman–Crippen MR) is 80.2 cm³/mol. The Labute approximate surface area is 121 Å². The van der Waals surface area contributed by atoms with Crippen molar-refractivity contribution in [3.8, 4) is 0 Å². The van der Waals surface area contributed by atoms with Crippen LogP contribution in [0.3, 0.4) is 0 Å². The summed E-state index contributed by atoms with van der Waals surface area (Å²) in [6, 6.07) is 9.67. The van der Waals surface area contributed by atoms with Gasteiger partial charge < -0.3 is 9.80 Å². The van der Waals surface area contributed by atoms with Gasteiger partial charge in [0, 0.05) is 20.0 Å². The summed E-state index contributed by atoms with van der Waals surface area (Å²) in [5.74, 6) is -0.0881. The number of hydrogen-bond acceptors (Lipinski definition) is 2. The van der Waals surface area contributed by atoms with Crippen molar-refractivity contribution in [2.75, 3.05) is 19.6 Å². The van der Waals surface area contributed by atoms with E-state index in [4.69, 9.17) is 0 Å². The Bertz CT molecular complexity index is 441. The monoisotopic (exact) mass is 276 g/mol. The Kier molecular flexibility index (Phi) is 6.22. The van der Waals surface area contributed by atoms with Crippen LogP contribution >= 0.6 is 0 Å². The third-order valence-electron chi connectivity index (χ3n) is 3.58. The molecule has 0 radical (unpaired) electrons. The molecule has 2 amide bonds. The minimum Gasteiger partial charge on any atom is -0.342 e. The minimum absolute atomic E-state index is 0.00650. The quantitative estimate of drug-likeness (QED) is 0.801. The lowest BCUT2D eigenvalue weighted by Gasteiger charge is -2.30. The summed E-state index contributed by atoms with van der Waals surface area (Å²) in [6.07, 6.45) is 0. The topological polar surface area (TPSA) is 40.6 Å². The molecular formula is C16H24N2O2. The van der Waals surface area contributed by atoms with Crippen LogP contribution in [0.5, 0.6) is 0 Å². The first-order chi connectivity index (χ1) is 9.51. The third-order valence-corrected chi connectivity index (χ3v) is 3.58. The Balaban J connectivity index is 2.85. The van der Waals surface area contributed by atoms with Gasteiger partial charge in [-0.25, -0.2) is 0 Å². The molecule has 1 aromatic rings. The minimum atomic E-state index is -0.104. The fourth-order valence-electron chi connectivity index (χ4n) is 2.25.